The van der Waals surface area contributed by atoms with E-state index in [1.54, 1.807) is 13.8 Å². The van der Waals surface area contributed by atoms with E-state index in [-0.39, 0.29) is 12.6 Å². The van der Waals surface area contributed by atoms with Crippen LogP contribution < -0.4 is 10.6 Å². The third kappa shape index (κ3) is 5.19. The van der Waals surface area contributed by atoms with Crippen molar-refractivity contribution in [3.05, 3.63) is 35.4 Å². The topological polar surface area (TPSA) is 61.4 Å². The molecule has 0 spiro atoms. The lowest BCUT2D eigenvalue weighted by atomic mass is 10.1. The van der Waals surface area contributed by atoms with Crippen molar-refractivity contribution in [1.82, 2.24) is 10.6 Å². The molecule has 0 heterocycles. The average Bonchev–Trinajstić information content (AvgIpc) is 2.28. The summed E-state index contributed by atoms with van der Waals surface area (Å²) in [7, 11) is 0. The molecule has 0 atom stereocenters. The van der Waals surface area contributed by atoms with Crippen molar-refractivity contribution in [2.45, 2.75) is 32.7 Å². The zero-order chi connectivity index (χ0) is 13.6. The van der Waals surface area contributed by atoms with Crippen LogP contribution in [0.3, 0.4) is 0 Å². The second-order valence-electron chi connectivity index (χ2n) is 5.16. The van der Waals surface area contributed by atoms with Crippen molar-refractivity contribution in [3.63, 3.8) is 0 Å². The molecule has 0 aliphatic heterocycles. The summed E-state index contributed by atoms with van der Waals surface area (Å²) >= 11 is 0. The minimum absolute atomic E-state index is 0.0850. The van der Waals surface area contributed by atoms with Gasteiger partial charge in [-0.3, -0.25) is 0 Å². The summed E-state index contributed by atoms with van der Waals surface area (Å²) in [6.45, 7) is 6.09. The maximum Gasteiger partial charge on any atom is 0.315 e. The molecule has 18 heavy (non-hydrogen) atoms. The molecule has 1 rings (SSSR count). The lowest BCUT2D eigenvalue weighted by molar-refractivity contribution is 0.182. The Hall–Kier alpha value is -1.55. The maximum atomic E-state index is 11.5. The van der Waals surface area contributed by atoms with Gasteiger partial charge in [0.25, 0.3) is 0 Å². The molecule has 1 aromatic carbocycles. The van der Waals surface area contributed by atoms with E-state index in [4.69, 9.17) is 5.11 Å². The Morgan fingerprint density at radius 3 is 2.72 bits per heavy atom. The zero-order valence-electron chi connectivity index (χ0n) is 11.3. The van der Waals surface area contributed by atoms with Crippen molar-refractivity contribution in [2.75, 3.05) is 13.2 Å². The molecule has 4 heteroatoms. The second-order valence-corrected chi connectivity index (χ2v) is 5.16. The third-order valence-corrected chi connectivity index (χ3v) is 2.63. The fraction of sp³-hybridized carbons (Fsp3) is 0.500. The van der Waals surface area contributed by atoms with Gasteiger partial charge in [0.1, 0.15) is 0 Å². The number of hydrogen-bond acceptors (Lipinski definition) is 2. The first-order chi connectivity index (χ1) is 8.43. The fourth-order valence-corrected chi connectivity index (χ4v) is 1.58. The van der Waals surface area contributed by atoms with Crippen molar-refractivity contribution in [1.29, 1.82) is 0 Å². The highest BCUT2D eigenvalue weighted by Gasteiger charge is 2.18. The van der Waals surface area contributed by atoms with Gasteiger partial charge in [-0.15, -0.1) is 0 Å². The summed E-state index contributed by atoms with van der Waals surface area (Å²) in [5.41, 5.74) is 1.84. The van der Waals surface area contributed by atoms with Crippen molar-refractivity contribution < 1.29 is 9.90 Å². The first-order valence-electron chi connectivity index (χ1n) is 6.15. The highest BCUT2D eigenvalue weighted by Crippen LogP contribution is 2.04. The molecule has 4 nitrogen and oxygen atoms in total. The minimum Gasteiger partial charge on any atom is -0.394 e. The Labute approximate surface area is 108 Å². The van der Waals surface area contributed by atoms with Gasteiger partial charge in [-0.05, 0) is 32.8 Å². The number of amides is 2. The normalized spacial score (nSPS) is 11.1. The van der Waals surface area contributed by atoms with E-state index < -0.39 is 5.54 Å². The number of benzene rings is 1. The third-order valence-electron chi connectivity index (χ3n) is 2.63. The van der Waals surface area contributed by atoms with Crippen LogP contribution in [0.5, 0.6) is 0 Å². The molecule has 0 saturated carbocycles. The van der Waals surface area contributed by atoms with E-state index in [0.717, 1.165) is 6.42 Å². The van der Waals surface area contributed by atoms with E-state index in [1.165, 1.54) is 11.1 Å². The summed E-state index contributed by atoms with van der Waals surface area (Å²) < 4.78 is 0. The molecule has 100 valence electrons. The standard InChI is InChI=1S/C14H22N2O2/c1-11-5-4-6-12(9-11)7-8-15-13(18)16-14(2,3)10-17/h4-6,9,17H,7-8,10H2,1-3H3,(H2,15,16,18). The highest BCUT2D eigenvalue weighted by molar-refractivity contribution is 5.74. The maximum absolute atomic E-state index is 11.5. The van der Waals surface area contributed by atoms with Crippen LogP contribution in [0.25, 0.3) is 0 Å². The van der Waals surface area contributed by atoms with Crippen molar-refractivity contribution in [2.24, 2.45) is 0 Å². The summed E-state index contributed by atoms with van der Waals surface area (Å²) in [5.74, 6) is 0. The molecule has 0 fully saturated rings. The Morgan fingerprint density at radius 1 is 1.39 bits per heavy atom. The van der Waals surface area contributed by atoms with Crippen molar-refractivity contribution >= 4 is 6.03 Å². The number of carbonyl (C=O) groups is 1. The minimum atomic E-state index is -0.590. The summed E-state index contributed by atoms with van der Waals surface area (Å²) in [4.78, 5) is 11.5. The summed E-state index contributed by atoms with van der Waals surface area (Å²) in [6, 6.07) is 7.97. The van der Waals surface area contributed by atoms with E-state index in [2.05, 4.69) is 16.7 Å². The van der Waals surface area contributed by atoms with E-state index >= 15 is 0 Å². The van der Waals surface area contributed by atoms with Crippen LogP contribution in [0.15, 0.2) is 24.3 Å². The molecule has 1 aromatic rings. The molecular weight excluding hydrogens is 228 g/mol. The van der Waals surface area contributed by atoms with Gasteiger partial charge in [-0.2, -0.15) is 0 Å². The predicted octanol–water partition coefficient (Wildman–Crippen LogP) is 1.61. The lowest BCUT2D eigenvalue weighted by Crippen LogP contribution is -2.50. The van der Waals surface area contributed by atoms with Crippen LogP contribution in [-0.4, -0.2) is 29.8 Å². The van der Waals surface area contributed by atoms with Gasteiger partial charge >= 0.3 is 6.03 Å². The highest BCUT2D eigenvalue weighted by atomic mass is 16.3. The van der Waals surface area contributed by atoms with Crippen LogP contribution in [-0.2, 0) is 6.42 Å². The Kier molecular flexibility index (Phi) is 5.16. The number of carbonyl (C=O) groups excluding carboxylic acids is 1. The first kappa shape index (κ1) is 14.5. The molecule has 0 aliphatic carbocycles. The summed E-state index contributed by atoms with van der Waals surface area (Å²) in [5, 5.41) is 14.5. The molecule has 0 bridgehead atoms. The van der Waals surface area contributed by atoms with Gasteiger partial charge in [0, 0.05) is 6.54 Å². The van der Waals surface area contributed by atoms with E-state index in [0.29, 0.717) is 6.54 Å². The number of rotatable bonds is 5. The number of hydrogen-bond donors (Lipinski definition) is 3. The van der Waals surface area contributed by atoms with Crippen LogP contribution in [0.1, 0.15) is 25.0 Å². The van der Waals surface area contributed by atoms with Crippen molar-refractivity contribution in [3.8, 4) is 0 Å². The van der Waals surface area contributed by atoms with E-state index in [9.17, 15) is 4.79 Å². The largest absolute Gasteiger partial charge is 0.394 e. The molecule has 0 radical (unpaired) electrons. The Morgan fingerprint density at radius 2 is 2.11 bits per heavy atom. The summed E-state index contributed by atoms with van der Waals surface area (Å²) in [6.07, 6.45) is 0.800. The zero-order valence-corrected chi connectivity index (χ0v) is 11.3. The molecule has 0 unspecified atom stereocenters. The van der Waals surface area contributed by atoms with Gasteiger partial charge in [-0.1, -0.05) is 29.8 Å². The van der Waals surface area contributed by atoms with Crippen LogP contribution in [0.4, 0.5) is 4.79 Å². The first-order valence-corrected chi connectivity index (χ1v) is 6.15. The number of aliphatic hydroxyl groups excluding tert-OH is 1. The molecule has 2 amide bonds. The van der Waals surface area contributed by atoms with Crippen LogP contribution in [0.2, 0.25) is 0 Å². The van der Waals surface area contributed by atoms with Gasteiger partial charge in [0.2, 0.25) is 0 Å². The molecular formula is C14H22N2O2. The number of nitrogens with one attached hydrogen (secondary N) is 2. The second kappa shape index (κ2) is 6.40. The Bertz CT molecular complexity index is 403. The predicted molar refractivity (Wildman–Crippen MR) is 72.6 cm³/mol. The number of aryl methyl sites for hydroxylation is 1. The number of urea groups is 1. The Balaban J connectivity index is 2.32. The van der Waals surface area contributed by atoms with Crippen LogP contribution in [0, 0.1) is 6.92 Å². The van der Waals surface area contributed by atoms with Gasteiger partial charge in [0.15, 0.2) is 0 Å². The monoisotopic (exact) mass is 250 g/mol. The quantitative estimate of drug-likeness (QED) is 0.743. The van der Waals surface area contributed by atoms with Gasteiger partial charge < -0.3 is 15.7 Å². The lowest BCUT2D eigenvalue weighted by Gasteiger charge is -2.23. The van der Waals surface area contributed by atoms with E-state index in [1.807, 2.05) is 25.1 Å². The van der Waals surface area contributed by atoms with Gasteiger partial charge in [0.05, 0.1) is 12.1 Å². The SMILES string of the molecule is Cc1cccc(CCNC(=O)NC(C)(C)CO)c1. The number of aliphatic hydroxyl groups is 1. The molecule has 3 N–H and O–H groups in total. The molecule has 0 saturated heterocycles. The fourth-order valence-electron chi connectivity index (χ4n) is 1.58. The van der Waals surface area contributed by atoms with Crippen LogP contribution >= 0.6 is 0 Å². The van der Waals surface area contributed by atoms with Gasteiger partial charge in [-0.25, -0.2) is 4.79 Å². The average molecular weight is 250 g/mol. The molecule has 0 aromatic heterocycles. The molecule has 0 aliphatic rings. The smallest absolute Gasteiger partial charge is 0.315 e.